The van der Waals surface area contributed by atoms with Gasteiger partial charge in [0.15, 0.2) is 5.82 Å². The van der Waals surface area contributed by atoms with Crippen LogP contribution in [-0.2, 0) is 16.6 Å². The van der Waals surface area contributed by atoms with Crippen LogP contribution in [-0.4, -0.2) is 29.7 Å². The van der Waals surface area contributed by atoms with E-state index in [1.165, 1.54) is 24.3 Å². The zero-order chi connectivity index (χ0) is 21.8. The highest BCUT2D eigenvalue weighted by Gasteiger charge is 2.24. The summed E-state index contributed by atoms with van der Waals surface area (Å²) < 4.78 is 32.7. The third-order valence-electron chi connectivity index (χ3n) is 4.56. The number of ether oxygens (including phenoxy) is 1. The molecule has 0 bridgehead atoms. The first-order valence-electron chi connectivity index (χ1n) is 9.38. The van der Waals surface area contributed by atoms with E-state index in [2.05, 4.69) is 15.4 Å². The van der Waals surface area contributed by atoms with Crippen LogP contribution >= 0.6 is 11.6 Å². The molecule has 0 radical (unpaired) electrons. The summed E-state index contributed by atoms with van der Waals surface area (Å²) in [6.45, 7) is 0.387. The molecule has 3 aromatic carbocycles. The SMILES string of the molecule is COc1ccc(-c2nc(NCc3ccccc3)n(S(=O)(=O)c3ccc(Cl)cc3)n2)cc1. The minimum absolute atomic E-state index is 0.0610. The molecule has 0 aliphatic heterocycles. The van der Waals surface area contributed by atoms with E-state index in [0.29, 0.717) is 22.9 Å². The molecule has 158 valence electrons. The predicted octanol–water partition coefficient (Wildman–Crippen LogP) is 4.46. The third-order valence-corrected chi connectivity index (χ3v) is 6.39. The molecule has 0 aliphatic carbocycles. The number of benzene rings is 3. The summed E-state index contributed by atoms with van der Waals surface area (Å²) in [7, 11) is -2.42. The fraction of sp³-hybridized carbons (Fsp3) is 0.0909. The summed E-state index contributed by atoms with van der Waals surface area (Å²) in [4.78, 5) is 4.52. The number of methoxy groups -OCH3 is 1. The summed E-state index contributed by atoms with van der Waals surface area (Å²) >= 11 is 5.91. The summed E-state index contributed by atoms with van der Waals surface area (Å²) in [5, 5.41) is 7.83. The third kappa shape index (κ3) is 4.55. The fourth-order valence-corrected chi connectivity index (χ4v) is 4.24. The van der Waals surface area contributed by atoms with E-state index in [-0.39, 0.29) is 16.7 Å². The lowest BCUT2D eigenvalue weighted by molar-refractivity contribution is 0.415. The average molecular weight is 455 g/mol. The maximum Gasteiger partial charge on any atom is 0.286 e. The number of hydrogen-bond acceptors (Lipinski definition) is 6. The van der Waals surface area contributed by atoms with Crippen LogP contribution in [0.25, 0.3) is 11.4 Å². The minimum atomic E-state index is -3.99. The highest BCUT2D eigenvalue weighted by molar-refractivity contribution is 7.90. The van der Waals surface area contributed by atoms with Gasteiger partial charge in [-0.15, -0.1) is 9.19 Å². The molecule has 4 aromatic rings. The molecule has 1 N–H and O–H groups in total. The van der Waals surface area contributed by atoms with Gasteiger partial charge in [-0.05, 0) is 54.1 Å². The lowest BCUT2D eigenvalue weighted by Gasteiger charge is -2.09. The normalized spacial score (nSPS) is 11.3. The molecule has 9 heteroatoms. The largest absolute Gasteiger partial charge is 0.497 e. The van der Waals surface area contributed by atoms with Gasteiger partial charge in [0.05, 0.1) is 12.0 Å². The number of nitrogens with one attached hydrogen (secondary N) is 1. The fourth-order valence-electron chi connectivity index (χ4n) is 2.92. The van der Waals surface area contributed by atoms with Gasteiger partial charge in [0.2, 0.25) is 5.95 Å². The maximum atomic E-state index is 13.3. The van der Waals surface area contributed by atoms with Gasteiger partial charge in [-0.1, -0.05) is 41.9 Å². The summed E-state index contributed by atoms with van der Waals surface area (Å²) in [6.07, 6.45) is 0. The molecule has 0 saturated carbocycles. The molecule has 1 heterocycles. The Morgan fingerprint density at radius 1 is 0.968 bits per heavy atom. The molecule has 0 saturated heterocycles. The van der Waals surface area contributed by atoms with Crippen LogP contribution in [0.5, 0.6) is 5.75 Å². The van der Waals surface area contributed by atoms with E-state index in [4.69, 9.17) is 16.3 Å². The van der Waals surface area contributed by atoms with Crippen molar-refractivity contribution in [3.63, 3.8) is 0 Å². The highest BCUT2D eigenvalue weighted by atomic mass is 35.5. The van der Waals surface area contributed by atoms with Gasteiger partial charge in [-0.2, -0.15) is 13.4 Å². The monoisotopic (exact) mass is 454 g/mol. The zero-order valence-electron chi connectivity index (χ0n) is 16.6. The van der Waals surface area contributed by atoms with Crippen molar-refractivity contribution in [1.82, 2.24) is 14.2 Å². The van der Waals surface area contributed by atoms with E-state index in [1.807, 2.05) is 30.3 Å². The van der Waals surface area contributed by atoms with E-state index < -0.39 is 10.0 Å². The first kappa shape index (κ1) is 20.9. The van der Waals surface area contributed by atoms with Gasteiger partial charge in [0.25, 0.3) is 10.0 Å². The van der Waals surface area contributed by atoms with Crippen molar-refractivity contribution >= 4 is 27.6 Å². The summed E-state index contributed by atoms with van der Waals surface area (Å²) in [5.41, 5.74) is 1.64. The minimum Gasteiger partial charge on any atom is -0.497 e. The molecule has 0 unspecified atom stereocenters. The number of rotatable bonds is 7. The van der Waals surface area contributed by atoms with Gasteiger partial charge in [-0.25, -0.2) is 0 Å². The Labute approximate surface area is 185 Å². The van der Waals surface area contributed by atoms with Gasteiger partial charge < -0.3 is 10.1 Å². The Balaban J connectivity index is 1.75. The lowest BCUT2D eigenvalue weighted by atomic mass is 10.2. The molecular weight excluding hydrogens is 436 g/mol. The molecule has 7 nitrogen and oxygen atoms in total. The number of hydrogen-bond donors (Lipinski definition) is 1. The molecule has 0 fully saturated rings. The molecule has 1 aromatic heterocycles. The molecular formula is C22H19ClN4O3S. The quantitative estimate of drug-likeness (QED) is 0.443. The average Bonchev–Trinajstić information content (AvgIpc) is 3.24. The lowest BCUT2D eigenvalue weighted by Crippen LogP contribution is -2.18. The van der Waals surface area contributed by atoms with Gasteiger partial charge >= 0.3 is 0 Å². The van der Waals surface area contributed by atoms with E-state index in [9.17, 15) is 8.42 Å². The molecule has 0 amide bonds. The van der Waals surface area contributed by atoms with Crippen LogP contribution < -0.4 is 10.1 Å². The molecule has 0 spiro atoms. The maximum absolute atomic E-state index is 13.3. The van der Waals surface area contributed by atoms with Crippen molar-refractivity contribution in [1.29, 1.82) is 0 Å². The van der Waals surface area contributed by atoms with E-state index in [0.717, 1.165) is 9.65 Å². The second kappa shape index (κ2) is 8.79. The topological polar surface area (TPSA) is 86.1 Å². The Bertz CT molecular complexity index is 1270. The molecule has 0 atom stereocenters. The number of anilines is 1. The predicted molar refractivity (Wildman–Crippen MR) is 120 cm³/mol. The summed E-state index contributed by atoms with van der Waals surface area (Å²) in [6, 6.07) is 22.6. The van der Waals surface area contributed by atoms with Crippen molar-refractivity contribution < 1.29 is 13.2 Å². The standard InChI is InChI=1S/C22H19ClN4O3S/c1-30-19-11-7-17(8-12-19)21-25-22(24-15-16-5-3-2-4-6-16)27(26-21)31(28,29)20-13-9-18(23)10-14-20/h2-14H,15H2,1H3,(H,24,25,26). The molecule has 0 aliphatic rings. The van der Waals surface area contributed by atoms with Crippen LogP contribution in [0.1, 0.15) is 5.56 Å². The number of aromatic nitrogens is 3. The second-order valence-corrected chi connectivity index (χ2v) is 8.83. The van der Waals surface area contributed by atoms with Crippen molar-refractivity contribution in [3.8, 4) is 17.1 Å². The van der Waals surface area contributed by atoms with Crippen LogP contribution in [0.3, 0.4) is 0 Å². The first-order chi connectivity index (χ1) is 15.0. The Kier molecular flexibility index (Phi) is 5.92. The molecule has 31 heavy (non-hydrogen) atoms. The zero-order valence-corrected chi connectivity index (χ0v) is 18.1. The van der Waals surface area contributed by atoms with Crippen LogP contribution in [0.2, 0.25) is 5.02 Å². The Morgan fingerprint density at radius 3 is 2.29 bits per heavy atom. The van der Waals surface area contributed by atoms with Crippen LogP contribution in [0.15, 0.2) is 83.8 Å². The summed E-state index contributed by atoms with van der Waals surface area (Å²) in [5.74, 6) is 1.07. The number of nitrogens with zero attached hydrogens (tertiary/aromatic N) is 3. The van der Waals surface area contributed by atoms with Crippen molar-refractivity contribution in [2.45, 2.75) is 11.4 Å². The van der Waals surface area contributed by atoms with Crippen LogP contribution in [0, 0.1) is 0 Å². The molecule has 4 rings (SSSR count). The smallest absolute Gasteiger partial charge is 0.286 e. The van der Waals surface area contributed by atoms with Crippen LogP contribution in [0.4, 0.5) is 5.95 Å². The van der Waals surface area contributed by atoms with Gasteiger partial charge in [-0.3, -0.25) is 0 Å². The Hall–Kier alpha value is -3.36. The highest BCUT2D eigenvalue weighted by Crippen LogP contribution is 2.25. The Morgan fingerprint density at radius 2 is 1.65 bits per heavy atom. The number of halogens is 1. The van der Waals surface area contributed by atoms with Gasteiger partial charge in [0, 0.05) is 17.1 Å². The van der Waals surface area contributed by atoms with E-state index in [1.54, 1.807) is 31.4 Å². The first-order valence-corrected chi connectivity index (χ1v) is 11.2. The van der Waals surface area contributed by atoms with Crippen molar-refractivity contribution in [2.75, 3.05) is 12.4 Å². The van der Waals surface area contributed by atoms with Crippen molar-refractivity contribution in [2.24, 2.45) is 0 Å². The second-order valence-electron chi connectivity index (χ2n) is 6.63. The van der Waals surface area contributed by atoms with E-state index >= 15 is 0 Å². The van der Waals surface area contributed by atoms with Crippen molar-refractivity contribution in [3.05, 3.63) is 89.4 Å². The van der Waals surface area contributed by atoms with Gasteiger partial charge in [0.1, 0.15) is 5.75 Å².